The molecule has 0 saturated heterocycles. The van der Waals surface area contributed by atoms with Crippen LogP contribution in [0.15, 0.2) is 47.8 Å². The van der Waals surface area contributed by atoms with Crippen LogP contribution in [0.1, 0.15) is 16.1 Å². The van der Waals surface area contributed by atoms with Gasteiger partial charge in [-0.2, -0.15) is 0 Å². The second-order valence-electron chi connectivity index (χ2n) is 3.53. The highest BCUT2D eigenvalue weighted by atomic mass is 32.2. The number of thioether (sulfide) groups is 1. The van der Waals surface area contributed by atoms with Crippen molar-refractivity contribution in [3.8, 4) is 0 Å². The Morgan fingerprint density at radius 1 is 1.24 bits per heavy atom. The van der Waals surface area contributed by atoms with Gasteiger partial charge in [0.1, 0.15) is 6.33 Å². The van der Waals surface area contributed by atoms with Gasteiger partial charge in [0.05, 0.1) is 12.1 Å². The third-order valence-electron chi connectivity index (χ3n) is 2.40. The fraction of sp³-hybridized carbons (Fsp3) is 0.154. The van der Waals surface area contributed by atoms with E-state index in [-0.39, 0.29) is 5.78 Å². The summed E-state index contributed by atoms with van der Waals surface area (Å²) in [6.45, 7) is 0. The number of Topliss-reactive ketones (excluding diaryl/α,β-unsaturated/α-hetero) is 1. The Hall–Kier alpha value is -1.68. The zero-order valence-electron chi connectivity index (χ0n) is 9.46. The average molecular weight is 244 g/mol. The Bertz CT molecular complexity index is 497. The molecule has 0 aliphatic heterocycles. The molecule has 1 aromatic heterocycles. The standard InChI is InChI=1S/C13H12N2OS/c1-17-12-4-2-10(3-5-12)13(16)8-11-6-7-14-9-15-11/h2-7,9H,8H2,1H3. The number of carbonyl (C=O) groups excluding carboxylic acids is 1. The van der Waals surface area contributed by atoms with E-state index in [2.05, 4.69) is 9.97 Å². The molecule has 1 aromatic carbocycles. The molecule has 0 aliphatic rings. The lowest BCUT2D eigenvalue weighted by Gasteiger charge is -2.01. The molecule has 0 unspecified atom stereocenters. The van der Waals surface area contributed by atoms with Crippen LogP contribution >= 0.6 is 11.8 Å². The lowest BCUT2D eigenvalue weighted by molar-refractivity contribution is 0.0992. The Labute approximate surface area is 104 Å². The van der Waals surface area contributed by atoms with E-state index in [1.165, 1.54) is 6.33 Å². The molecule has 0 saturated carbocycles. The normalized spacial score (nSPS) is 10.2. The highest BCUT2D eigenvalue weighted by Gasteiger charge is 2.07. The van der Waals surface area contributed by atoms with Crippen LogP contribution in [0.3, 0.4) is 0 Å². The molecule has 0 fully saturated rings. The van der Waals surface area contributed by atoms with E-state index in [9.17, 15) is 4.79 Å². The lowest BCUT2D eigenvalue weighted by Crippen LogP contribution is -2.04. The van der Waals surface area contributed by atoms with Crippen LogP contribution in [0, 0.1) is 0 Å². The van der Waals surface area contributed by atoms with Crippen molar-refractivity contribution in [3.05, 3.63) is 54.1 Å². The van der Waals surface area contributed by atoms with Crippen molar-refractivity contribution >= 4 is 17.5 Å². The molecule has 2 rings (SSSR count). The predicted octanol–water partition coefficient (Wildman–Crippen LogP) is 2.62. The highest BCUT2D eigenvalue weighted by molar-refractivity contribution is 7.98. The van der Waals surface area contributed by atoms with Crippen LogP contribution in [0.2, 0.25) is 0 Å². The van der Waals surface area contributed by atoms with E-state index in [4.69, 9.17) is 0 Å². The molecule has 17 heavy (non-hydrogen) atoms. The van der Waals surface area contributed by atoms with Gasteiger partial charge in [-0.05, 0) is 24.5 Å². The third-order valence-corrected chi connectivity index (χ3v) is 3.14. The van der Waals surface area contributed by atoms with Crippen molar-refractivity contribution in [2.75, 3.05) is 6.26 Å². The van der Waals surface area contributed by atoms with E-state index in [0.717, 1.165) is 16.2 Å². The summed E-state index contributed by atoms with van der Waals surface area (Å²) in [4.78, 5) is 21.0. The maximum atomic E-state index is 11.9. The summed E-state index contributed by atoms with van der Waals surface area (Å²) >= 11 is 1.66. The summed E-state index contributed by atoms with van der Waals surface area (Å²) in [6, 6.07) is 9.38. The number of aromatic nitrogens is 2. The number of rotatable bonds is 4. The molecule has 1 heterocycles. The molecule has 0 aliphatic carbocycles. The third kappa shape index (κ3) is 3.14. The Morgan fingerprint density at radius 3 is 2.59 bits per heavy atom. The van der Waals surface area contributed by atoms with Crippen LogP contribution in [0.5, 0.6) is 0 Å². The van der Waals surface area contributed by atoms with E-state index in [0.29, 0.717) is 6.42 Å². The van der Waals surface area contributed by atoms with Crippen LogP contribution in [-0.4, -0.2) is 22.0 Å². The average Bonchev–Trinajstić information content (AvgIpc) is 2.40. The van der Waals surface area contributed by atoms with E-state index >= 15 is 0 Å². The summed E-state index contributed by atoms with van der Waals surface area (Å²) < 4.78 is 0. The number of benzene rings is 1. The molecular formula is C13H12N2OS. The van der Waals surface area contributed by atoms with Crippen molar-refractivity contribution in [1.29, 1.82) is 0 Å². The van der Waals surface area contributed by atoms with E-state index in [1.807, 2.05) is 30.5 Å². The van der Waals surface area contributed by atoms with Gasteiger partial charge in [-0.25, -0.2) is 9.97 Å². The number of carbonyl (C=O) groups is 1. The van der Waals surface area contributed by atoms with Gasteiger partial charge in [0.15, 0.2) is 5.78 Å². The van der Waals surface area contributed by atoms with Gasteiger partial charge in [0, 0.05) is 16.7 Å². The van der Waals surface area contributed by atoms with Crippen LogP contribution in [-0.2, 0) is 6.42 Å². The quantitative estimate of drug-likeness (QED) is 0.612. The lowest BCUT2D eigenvalue weighted by atomic mass is 10.1. The van der Waals surface area contributed by atoms with Crippen LogP contribution < -0.4 is 0 Å². The molecule has 0 radical (unpaired) electrons. The molecule has 0 bridgehead atoms. The maximum absolute atomic E-state index is 11.9. The molecule has 0 N–H and O–H groups in total. The SMILES string of the molecule is CSc1ccc(C(=O)Cc2ccncn2)cc1. The summed E-state index contributed by atoms with van der Waals surface area (Å²) in [6.07, 6.45) is 5.44. The second kappa shape index (κ2) is 5.59. The number of hydrogen-bond acceptors (Lipinski definition) is 4. The number of hydrogen-bond donors (Lipinski definition) is 0. The van der Waals surface area contributed by atoms with Gasteiger partial charge in [0.25, 0.3) is 0 Å². The molecule has 2 aromatic rings. The maximum Gasteiger partial charge on any atom is 0.168 e. The molecule has 4 heteroatoms. The smallest absolute Gasteiger partial charge is 0.168 e. The minimum atomic E-state index is 0.0800. The highest BCUT2D eigenvalue weighted by Crippen LogP contribution is 2.15. The molecule has 3 nitrogen and oxygen atoms in total. The fourth-order valence-electron chi connectivity index (χ4n) is 1.47. The monoisotopic (exact) mass is 244 g/mol. The first-order valence-corrected chi connectivity index (χ1v) is 6.44. The second-order valence-corrected chi connectivity index (χ2v) is 4.41. The van der Waals surface area contributed by atoms with Crippen molar-refractivity contribution in [1.82, 2.24) is 9.97 Å². The Balaban J connectivity index is 2.09. The number of ketones is 1. The molecule has 0 amide bonds. The minimum Gasteiger partial charge on any atom is -0.294 e. The predicted molar refractivity (Wildman–Crippen MR) is 68.3 cm³/mol. The largest absolute Gasteiger partial charge is 0.294 e. The van der Waals surface area contributed by atoms with Crippen molar-refractivity contribution in [2.24, 2.45) is 0 Å². The Kier molecular flexibility index (Phi) is 3.88. The van der Waals surface area contributed by atoms with Gasteiger partial charge < -0.3 is 0 Å². The van der Waals surface area contributed by atoms with Crippen molar-refractivity contribution in [2.45, 2.75) is 11.3 Å². The van der Waals surface area contributed by atoms with Crippen molar-refractivity contribution < 1.29 is 4.79 Å². The first-order valence-electron chi connectivity index (χ1n) is 5.22. The summed E-state index contributed by atoms with van der Waals surface area (Å²) in [5.74, 6) is 0.0800. The molecule has 0 spiro atoms. The first-order chi connectivity index (χ1) is 8.29. The Morgan fingerprint density at radius 2 is 2.00 bits per heavy atom. The van der Waals surface area contributed by atoms with E-state index in [1.54, 1.807) is 24.0 Å². The molecular weight excluding hydrogens is 232 g/mol. The van der Waals surface area contributed by atoms with Gasteiger partial charge in [-0.1, -0.05) is 12.1 Å². The minimum absolute atomic E-state index is 0.0800. The molecule has 0 atom stereocenters. The van der Waals surface area contributed by atoms with E-state index < -0.39 is 0 Å². The first kappa shape index (κ1) is 11.8. The van der Waals surface area contributed by atoms with Gasteiger partial charge in [0.2, 0.25) is 0 Å². The summed E-state index contributed by atoms with van der Waals surface area (Å²) in [7, 11) is 0. The zero-order valence-corrected chi connectivity index (χ0v) is 10.3. The van der Waals surface area contributed by atoms with Gasteiger partial charge in [-0.3, -0.25) is 4.79 Å². The van der Waals surface area contributed by atoms with Crippen LogP contribution in [0.4, 0.5) is 0 Å². The topological polar surface area (TPSA) is 42.9 Å². The fourth-order valence-corrected chi connectivity index (χ4v) is 1.87. The van der Waals surface area contributed by atoms with Gasteiger partial charge in [-0.15, -0.1) is 11.8 Å². The van der Waals surface area contributed by atoms with Crippen molar-refractivity contribution in [3.63, 3.8) is 0 Å². The number of nitrogens with zero attached hydrogens (tertiary/aromatic N) is 2. The molecule has 86 valence electrons. The van der Waals surface area contributed by atoms with Gasteiger partial charge >= 0.3 is 0 Å². The summed E-state index contributed by atoms with van der Waals surface area (Å²) in [5, 5.41) is 0. The van der Waals surface area contributed by atoms with Crippen LogP contribution in [0.25, 0.3) is 0 Å². The summed E-state index contributed by atoms with van der Waals surface area (Å²) in [5.41, 5.74) is 1.47. The zero-order chi connectivity index (χ0) is 12.1.